The van der Waals surface area contributed by atoms with Crippen LogP contribution in [0.1, 0.15) is 5.56 Å². The topological polar surface area (TPSA) is 59.6 Å². The third kappa shape index (κ3) is 5.86. The van der Waals surface area contributed by atoms with Crippen molar-refractivity contribution in [3.63, 3.8) is 0 Å². The largest absolute Gasteiger partial charge is 0.497 e. The van der Waals surface area contributed by atoms with E-state index < -0.39 is 0 Å². The number of hydrogen-bond donors (Lipinski definition) is 2. The molecule has 0 saturated carbocycles. The molecule has 0 saturated heterocycles. The number of methoxy groups -OCH3 is 1. The molecule has 0 aliphatic rings. The lowest BCUT2D eigenvalue weighted by Gasteiger charge is -2.12. The fourth-order valence-corrected chi connectivity index (χ4v) is 2.73. The summed E-state index contributed by atoms with van der Waals surface area (Å²) in [6, 6.07) is 24.8. The lowest BCUT2D eigenvalue weighted by Crippen LogP contribution is -2.29. The zero-order valence-electron chi connectivity index (χ0n) is 15.9. The van der Waals surface area contributed by atoms with Gasteiger partial charge in [-0.2, -0.15) is 0 Å². The molecule has 3 aromatic carbocycles. The molecule has 0 unspecified atom stereocenters. The maximum Gasteiger partial charge on any atom is 0.238 e. The minimum Gasteiger partial charge on any atom is -0.497 e. The van der Waals surface area contributed by atoms with E-state index in [-0.39, 0.29) is 12.5 Å². The van der Waals surface area contributed by atoms with Crippen LogP contribution in [0.25, 0.3) is 0 Å². The lowest BCUT2D eigenvalue weighted by molar-refractivity contribution is -0.115. The molecule has 0 aliphatic carbocycles. The van der Waals surface area contributed by atoms with Crippen LogP contribution < -0.4 is 20.1 Å². The Bertz CT molecular complexity index is 897. The van der Waals surface area contributed by atoms with Crippen molar-refractivity contribution in [1.29, 1.82) is 0 Å². The number of anilines is 1. The van der Waals surface area contributed by atoms with Crippen LogP contribution >= 0.6 is 0 Å². The Labute approximate surface area is 165 Å². The van der Waals surface area contributed by atoms with E-state index in [9.17, 15) is 4.79 Å². The van der Waals surface area contributed by atoms with Gasteiger partial charge in [-0.25, -0.2) is 0 Å². The van der Waals surface area contributed by atoms with Crippen LogP contribution in [0.4, 0.5) is 5.69 Å². The highest BCUT2D eigenvalue weighted by atomic mass is 16.5. The summed E-state index contributed by atoms with van der Waals surface area (Å²) in [5.41, 5.74) is 1.81. The van der Waals surface area contributed by atoms with Gasteiger partial charge in [0.25, 0.3) is 0 Å². The number of para-hydroxylation sites is 3. The van der Waals surface area contributed by atoms with Gasteiger partial charge in [0.2, 0.25) is 5.91 Å². The van der Waals surface area contributed by atoms with Gasteiger partial charge >= 0.3 is 0 Å². The minimum atomic E-state index is -0.116. The van der Waals surface area contributed by atoms with Crippen LogP contribution in [0.2, 0.25) is 0 Å². The van der Waals surface area contributed by atoms with E-state index in [4.69, 9.17) is 9.47 Å². The quantitative estimate of drug-likeness (QED) is 0.548. The molecule has 0 spiro atoms. The van der Waals surface area contributed by atoms with Gasteiger partial charge in [-0.1, -0.05) is 42.5 Å². The summed E-state index contributed by atoms with van der Waals surface area (Å²) in [4.78, 5) is 12.3. The van der Waals surface area contributed by atoms with E-state index in [0.717, 1.165) is 23.5 Å². The van der Waals surface area contributed by atoms with Gasteiger partial charge < -0.3 is 20.1 Å². The fourth-order valence-electron chi connectivity index (χ4n) is 2.73. The van der Waals surface area contributed by atoms with Crippen molar-refractivity contribution >= 4 is 11.6 Å². The van der Waals surface area contributed by atoms with Crippen molar-refractivity contribution in [3.8, 4) is 17.2 Å². The van der Waals surface area contributed by atoms with Gasteiger partial charge in [-0.15, -0.1) is 0 Å². The molecule has 3 rings (SSSR count). The first-order valence-corrected chi connectivity index (χ1v) is 9.20. The average Bonchev–Trinajstić information content (AvgIpc) is 2.73. The first-order valence-electron chi connectivity index (χ1n) is 9.20. The van der Waals surface area contributed by atoms with Crippen LogP contribution in [0.15, 0.2) is 78.9 Å². The number of carbonyl (C=O) groups excluding carboxylic acids is 1. The number of hydrogen-bond acceptors (Lipinski definition) is 4. The Morgan fingerprint density at radius 3 is 2.46 bits per heavy atom. The van der Waals surface area contributed by atoms with Crippen molar-refractivity contribution in [1.82, 2.24) is 5.32 Å². The molecule has 0 atom stereocenters. The summed E-state index contributed by atoms with van der Waals surface area (Å²) in [6.07, 6.45) is 0.818. The van der Waals surface area contributed by atoms with Gasteiger partial charge in [0.15, 0.2) is 5.75 Å². The van der Waals surface area contributed by atoms with Gasteiger partial charge in [0.05, 0.1) is 19.3 Å². The van der Waals surface area contributed by atoms with Gasteiger partial charge in [0, 0.05) is 0 Å². The highest BCUT2D eigenvalue weighted by molar-refractivity contribution is 5.93. The number of amides is 1. The second-order valence-electron chi connectivity index (χ2n) is 6.24. The van der Waals surface area contributed by atoms with E-state index >= 15 is 0 Å². The lowest BCUT2D eigenvalue weighted by atomic mass is 10.1. The van der Waals surface area contributed by atoms with E-state index in [2.05, 4.69) is 10.6 Å². The predicted molar refractivity (Wildman–Crippen MR) is 111 cm³/mol. The molecule has 3 aromatic rings. The third-order valence-corrected chi connectivity index (χ3v) is 4.14. The number of rotatable bonds is 9. The van der Waals surface area contributed by atoms with Crippen molar-refractivity contribution in [3.05, 3.63) is 84.4 Å². The molecule has 0 heterocycles. The number of benzene rings is 3. The molecule has 2 N–H and O–H groups in total. The van der Waals surface area contributed by atoms with E-state index in [0.29, 0.717) is 18.0 Å². The zero-order chi connectivity index (χ0) is 19.6. The molecule has 5 heteroatoms. The van der Waals surface area contributed by atoms with Crippen LogP contribution in [0.3, 0.4) is 0 Å². The van der Waals surface area contributed by atoms with Crippen molar-refractivity contribution in [2.75, 3.05) is 25.5 Å². The number of carbonyl (C=O) groups is 1. The maximum absolute atomic E-state index is 12.3. The molecule has 0 aromatic heterocycles. The summed E-state index contributed by atoms with van der Waals surface area (Å²) >= 11 is 0. The average molecular weight is 376 g/mol. The summed E-state index contributed by atoms with van der Waals surface area (Å²) in [5.74, 6) is 2.05. The molecule has 144 valence electrons. The summed E-state index contributed by atoms with van der Waals surface area (Å²) in [5, 5.41) is 6.07. The van der Waals surface area contributed by atoms with Crippen molar-refractivity contribution < 1.29 is 14.3 Å². The monoisotopic (exact) mass is 376 g/mol. The highest BCUT2D eigenvalue weighted by Gasteiger charge is 2.08. The van der Waals surface area contributed by atoms with E-state index in [1.165, 1.54) is 0 Å². The van der Waals surface area contributed by atoms with Gasteiger partial charge in [0.1, 0.15) is 11.5 Å². The number of nitrogens with one attached hydrogen (secondary N) is 2. The van der Waals surface area contributed by atoms with Crippen LogP contribution in [-0.4, -0.2) is 26.1 Å². The van der Waals surface area contributed by atoms with Crippen LogP contribution in [-0.2, 0) is 11.2 Å². The molecule has 0 fully saturated rings. The Hall–Kier alpha value is -3.31. The normalized spacial score (nSPS) is 10.3. The van der Waals surface area contributed by atoms with Crippen molar-refractivity contribution in [2.45, 2.75) is 6.42 Å². The Morgan fingerprint density at radius 2 is 1.64 bits per heavy atom. The van der Waals surface area contributed by atoms with Gasteiger partial charge in [-0.05, 0) is 54.9 Å². The van der Waals surface area contributed by atoms with E-state index in [1.54, 1.807) is 7.11 Å². The Morgan fingerprint density at radius 1 is 0.893 bits per heavy atom. The third-order valence-electron chi connectivity index (χ3n) is 4.14. The molecule has 0 aliphatic heterocycles. The first kappa shape index (κ1) is 19.5. The molecule has 5 nitrogen and oxygen atoms in total. The molecular weight excluding hydrogens is 352 g/mol. The SMILES string of the molecule is COc1cccc(CCNCC(=O)Nc2ccccc2Oc2ccccc2)c1. The Balaban J connectivity index is 1.48. The predicted octanol–water partition coefficient (Wildman–Crippen LogP) is 4.26. The zero-order valence-corrected chi connectivity index (χ0v) is 15.9. The first-order chi connectivity index (χ1) is 13.7. The minimum absolute atomic E-state index is 0.116. The van der Waals surface area contributed by atoms with Gasteiger partial charge in [-0.3, -0.25) is 4.79 Å². The molecule has 1 amide bonds. The van der Waals surface area contributed by atoms with Crippen molar-refractivity contribution in [2.24, 2.45) is 0 Å². The van der Waals surface area contributed by atoms with Crippen LogP contribution in [0.5, 0.6) is 17.2 Å². The molecule has 0 radical (unpaired) electrons. The molecule has 28 heavy (non-hydrogen) atoms. The number of ether oxygens (including phenoxy) is 2. The standard InChI is InChI=1S/C23H24N2O3/c1-27-20-11-7-8-18(16-20)14-15-24-17-23(26)25-21-12-5-6-13-22(21)28-19-9-3-2-4-10-19/h2-13,16,24H,14-15,17H2,1H3,(H,25,26). The summed E-state index contributed by atoms with van der Waals surface area (Å²) in [7, 11) is 1.65. The second-order valence-corrected chi connectivity index (χ2v) is 6.24. The molecular formula is C23H24N2O3. The summed E-state index contributed by atoms with van der Waals surface area (Å²) in [6.45, 7) is 0.923. The maximum atomic E-state index is 12.3. The Kier molecular flexibility index (Phi) is 7.04. The smallest absolute Gasteiger partial charge is 0.238 e. The highest BCUT2D eigenvalue weighted by Crippen LogP contribution is 2.28. The second kappa shape index (κ2) is 10.1. The van der Waals surface area contributed by atoms with Crippen LogP contribution in [0, 0.1) is 0 Å². The fraction of sp³-hybridized carbons (Fsp3) is 0.174. The van der Waals surface area contributed by atoms with E-state index in [1.807, 2.05) is 78.9 Å². The summed E-state index contributed by atoms with van der Waals surface area (Å²) < 4.78 is 11.1. The molecule has 0 bridgehead atoms.